The van der Waals surface area contributed by atoms with Crippen molar-refractivity contribution in [2.24, 2.45) is 4.99 Å². The molecule has 1 atom stereocenters. The number of guanidine groups is 1. The molecule has 0 aliphatic heterocycles. The van der Waals surface area contributed by atoms with Crippen LogP contribution >= 0.6 is 35.6 Å². The first-order chi connectivity index (χ1) is 11.5. The third-order valence-electron chi connectivity index (χ3n) is 3.68. The molecule has 0 bridgehead atoms. The van der Waals surface area contributed by atoms with E-state index < -0.39 is 0 Å². The van der Waals surface area contributed by atoms with Gasteiger partial charge in [-0.25, -0.2) is 0 Å². The molecule has 2 rings (SSSR count). The normalized spacial score (nSPS) is 12.1. The molecule has 0 aromatic heterocycles. The Balaban J connectivity index is 0.00000312. The van der Waals surface area contributed by atoms with Gasteiger partial charge in [0.1, 0.15) is 11.5 Å². The summed E-state index contributed by atoms with van der Waals surface area (Å²) in [5.74, 6) is 1.51. The molecule has 0 spiro atoms. The molecule has 2 aromatic carbocycles. The summed E-state index contributed by atoms with van der Waals surface area (Å²) >= 11 is 6.23. The van der Waals surface area contributed by atoms with Crippen LogP contribution in [0.5, 0.6) is 11.5 Å². The average Bonchev–Trinajstić information content (AvgIpc) is 2.60. The summed E-state index contributed by atoms with van der Waals surface area (Å²) in [4.78, 5) is 4.21. The lowest BCUT2D eigenvalue weighted by Crippen LogP contribution is -2.38. The van der Waals surface area contributed by atoms with Crippen LogP contribution in [-0.2, 0) is 6.54 Å². The van der Waals surface area contributed by atoms with Gasteiger partial charge in [0.2, 0.25) is 0 Å². The molecule has 136 valence electrons. The average molecular weight is 476 g/mol. The summed E-state index contributed by atoms with van der Waals surface area (Å²) in [7, 11) is 3.29. The van der Waals surface area contributed by atoms with Crippen LogP contribution in [0.4, 0.5) is 0 Å². The fourth-order valence-corrected chi connectivity index (χ4v) is 2.61. The standard InChI is InChI=1S/C18H22ClN3O2.HI/c1-12(15-6-4-5-7-16(15)19)22-18(20-2)21-11-13-10-14(24-3)8-9-17(13)23;/h4-10,12,23H,11H2,1-3H3,(H2,20,21,22);1H. The molecule has 0 aliphatic carbocycles. The fourth-order valence-electron chi connectivity index (χ4n) is 2.31. The number of nitrogens with one attached hydrogen (secondary N) is 2. The van der Waals surface area contributed by atoms with Crippen LogP contribution in [0.3, 0.4) is 0 Å². The van der Waals surface area contributed by atoms with Crippen molar-refractivity contribution in [3.63, 3.8) is 0 Å². The summed E-state index contributed by atoms with van der Waals surface area (Å²) < 4.78 is 5.18. The van der Waals surface area contributed by atoms with Gasteiger partial charge in [-0.2, -0.15) is 0 Å². The molecule has 0 fully saturated rings. The van der Waals surface area contributed by atoms with Crippen molar-refractivity contribution in [2.45, 2.75) is 19.5 Å². The van der Waals surface area contributed by atoms with Gasteiger partial charge in [-0.15, -0.1) is 24.0 Å². The van der Waals surface area contributed by atoms with Crippen molar-refractivity contribution in [3.8, 4) is 11.5 Å². The molecule has 0 saturated heterocycles. The van der Waals surface area contributed by atoms with Gasteiger partial charge in [-0.3, -0.25) is 4.99 Å². The van der Waals surface area contributed by atoms with Crippen LogP contribution < -0.4 is 15.4 Å². The number of phenolic OH excluding ortho intramolecular Hbond substituents is 1. The Bertz CT molecular complexity index is 725. The van der Waals surface area contributed by atoms with Crippen LogP contribution in [-0.4, -0.2) is 25.2 Å². The fraction of sp³-hybridized carbons (Fsp3) is 0.278. The summed E-state index contributed by atoms with van der Waals surface area (Å²) in [6.07, 6.45) is 0. The van der Waals surface area contributed by atoms with Crippen LogP contribution in [0.15, 0.2) is 47.5 Å². The highest BCUT2D eigenvalue weighted by Gasteiger charge is 2.11. The van der Waals surface area contributed by atoms with Gasteiger partial charge < -0.3 is 20.5 Å². The minimum atomic E-state index is -0.0104. The first-order valence-electron chi connectivity index (χ1n) is 7.62. The van der Waals surface area contributed by atoms with E-state index in [4.69, 9.17) is 16.3 Å². The van der Waals surface area contributed by atoms with E-state index in [0.29, 0.717) is 23.3 Å². The van der Waals surface area contributed by atoms with Crippen molar-refractivity contribution < 1.29 is 9.84 Å². The zero-order chi connectivity index (χ0) is 17.5. The molecule has 0 aliphatic rings. The van der Waals surface area contributed by atoms with Crippen LogP contribution in [0.25, 0.3) is 0 Å². The van der Waals surface area contributed by atoms with E-state index >= 15 is 0 Å². The minimum Gasteiger partial charge on any atom is -0.508 e. The molecule has 0 radical (unpaired) electrons. The number of hydrogen-bond acceptors (Lipinski definition) is 3. The lowest BCUT2D eigenvalue weighted by Gasteiger charge is -2.19. The predicted octanol–water partition coefficient (Wildman–Crippen LogP) is 4.10. The highest BCUT2D eigenvalue weighted by Crippen LogP contribution is 2.23. The number of halogens is 2. The molecule has 1 unspecified atom stereocenters. The molecule has 7 heteroatoms. The van der Waals surface area contributed by atoms with Crippen molar-refractivity contribution in [1.82, 2.24) is 10.6 Å². The number of hydrogen-bond donors (Lipinski definition) is 3. The summed E-state index contributed by atoms with van der Waals surface area (Å²) in [6, 6.07) is 12.8. The Kier molecular flexibility index (Phi) is 8.85. The molecule has 5 nitrogen and oxygen atoms in total. The summed E-state index contributed by atoms with van der Waals surface area (Å²) in [6.45, 7) is 2.43. The number of rotatable bonds is 5. The zero-order valence-corrected chi connectivity index (χ0v) is 17.5. The largest absolute Gasteiger partial charge is 0.508 e. The maximum atomic E-state index is 9.94. The number of methoxy groups -OCH3 is 1. The van der Waals surface area contributed by atoms with Gasteiger partial charge in [0.15, 0.2) is 5.96 Å². The molecule has 0 saturated carbocycles. The second kappa shape index (κ2) is 10.4. The second-order valence-electron chi connectivity index (χ2n) is 5.31. The van der Waals surface area contributed by atoms with E-state index in [1.165, 1.54) is 0 Å². The minimum absolute atomic E-state index is 0. The zero-order valence-electron chi connectivity index (χ0n) is 14.4. The number of benzene rings is 2. The molecular weight excluding hydrogens is 453 g/mol. The van der Waals surface area contributed by atoms with Crippen LogP contribution in [0.1, 0.15) is 24.1 Å². The third-order valence-corrected chi connectivity index (χ3v) is 4.03. The second-order valence-corrected chi connectivity index (χ2v) is 5.72. The number of nitrogens with zero attached hydrogens (tertiary/aromatic N) is 1. The predicted molar refractivity (Wildman–Crippen MR) is 113 cm³/mol. The van der Waals surface area contributed by atoms with Crippen LogP contribution in [0.2, 0.25) is 5.02 Å². The molecule has 2 aromatic rings. The smallest absolute Gasteiger partial charge is 0.191 e. The first kappa shape index (κ1) is 21.4. The van der Waals surface area contributed by atoms with Gasteiger partial charge in [0.25, 0.3) is 0 Å². The van der Waals surface area contributed by atoms with E-state index in [-0.39, 0.29) is 35.8 Å². The number of ether oxygens (including phenoxy) is 1. The maximum absolute atomic E-state index is 9.94. The van der Waals surface area contributed by atoms with Crippen molar-refractivity contribution in [1.29, 1.82) is 0 Å². The molecule has 0 amide bonds. The number of aromatic hydroxyl groups is 1. The van der Waals surface area contributed by atoms with Crippen molar-refractivity contribution in [2.75, 3.05) is 14.2 Å². The molecular formula is C18H23ClIN3O2. The first-order valence-corrected chi connectivity index (χ1v) is 8.00. The maximum Gasteiger partial charge on any atom is 0.191 e. The Morgan fingerprint density at radius 1 is 1.28 bits per heavy atom. The van der Waals surface area contributed by atoms with Crippen LogP contribution in [0, 0.1) is 0 Å². The highest BCUT2D eigenvalue weighted by molar-refractivity contribution is 14.0. The Labute approximate surface area is 170 Å². The van der Waals surface area contributed by atoms with Crippen molar-refractivity contribution in [3.05, 3.63) is 58.6 Å². The Morgan fingerprint density at radius 2 is 2.00 bits per heavy atom. The van der Waals surface area contributed by atoms with E-state index in [1.807, 2.05) is 31.2 Å². The quantitative estimate of drug-likeness (QED) is 0.346. The third kappa shape index (κ3) is 5.97. The van der Waals surface area contributed by atoms with E-state index in [1.54, 1.807) is 32.4 Å². The van der Waals surface area contributed by atoms with E-state index in [2.05, 4.69) is 15.6 Å². The topological polar surface area (TPSA) is 65.9 Å². The van der Waals surface area contributed by atoms with Gasteiger partial charge in [0, 0.05) is 24.2 Å². The molecule has 25 heavy (non-hydrogen) atoms. The van der Waals surface area contributed by atoms with Gasteiger partial charge in [-0.05, 0) is 36.8 Å². The molecule has 0 heterocycles. The highest BCUT2D eigenvalue weighted by atomic mass is 127. The van der Waals surface area contributed by atoms with E-state index in [9.17, 15) is 5.11 Å². The van der Waals surface area contributed by atoms with Crippen molar-refractivity contribution >= 4 is 41.5 Å². The van der Waals surface area contributed by atoms with Gasteiger partial charge >= 0.3 is 0 Å². The lowest BCUT2D eigenvalue weighted by molar-refractivity contribution is 0.410. The Morgan fingerprint density at radius 3 is 2.64 bits per heavy atom. The Hall–Kier alpha value is -1.67. The summed E-state index contributed by atoms with van der Waals surface area (Å²) in [5.41, 5.74) is 1.72. The number of aliphatic imine (C=N–C) groups is 1. The van der Waals surface area contributed by atoms with Gasteiger partial charge in [0.05, 0.1) is 13.2 Å². The summed E-state index contributed by atoms with van der Waals surface area (Å²) in [5, 5.41) is 17.1. The van der Waals surface area contributed by atoms with Gasteiger partial charge in [-0.1, -0.05) is 29.8 Å². The van der Waals surface area contributed by atoms with E-state index in [0.717, 1.165) is 11.1 Å². The monoisotopic (exact) mass is 475 g/mol. The molecule has 3 N–H and O–H groups in total. The SMILES string of the molecule is CN=C(NCc1cc(OC)ccc1O)NC(C)c1ccccc1Cl.I. The number of phenols is 1. The lowest BCUT2D eigenvalue weighted by atomic mass is 10.1.